The van der Waals surface area contributed by atoms with Crippen LogP contribution in [0.1, 0.15) is 355 Å². The summed E-state index contributed by atoms with van der Waals surface area (Å²) in [7, 11) is 0. The standard InChI is InChI=1S/C67H124O6/c1-4-7-10-13-16-19-22-25-27-28-29-30-31-32-33-34-35-36-37-38-39-40-43-45-48-51-54-57-60-66(69)72-63-64(62-71-65(68)59-56-53-50-47-44-41-24-21-18-15-12-9-6-3)73-67(70)61-58-55-52-49-46-42-26-23-20-17-14-11-8-5-2/h12,15,21,23-24,26,64H,4-11,13-14,16-20,22,25,27-63H2,1-3H3/b15-12-,24-21-,26-23-. The summed E-state index contributed by atoms with van der Waals surface area (Å²) in [6.07, 6.45) is 76.0. The second kappa shape index (κ2) is 62.2. The SMILES string of the molecule is CCC/C=C\C/C=C\CCCCCCCC(=O)OCC(COC(=O)CCCCCCCCCCCCCCCCCCCCCCCCCCCCCC)OC(=O)CCCCCCC/C=C\CCCCCCC. The zero-order valence-corrected chi connectivity index (χ0v) is 49.2. The van der Waals surface area contributed by atoms with E-state index in [4.69, 9.17) is 14.2 Å². The number of allylic oxidation sites excluding steroid dienone is 6. The Kier molecular flexibility index (Phi) is 60.2. The minimum Gasteiger partial charge on any atom is -0.462 e. The third kappa shape index (κ3) is 60.4. The average molecular weight is 1030 g/mol. The molecule has 0 aliphatic carbocycles. The molecular weight excluding hydrogens is 901 g/mol. The van der Waals surface area contributed by atoms with Crippen molar-refractivity contribution in [2.75, 3.05) is 13.2 Å². The van der Waals surface area contributed by atoms with Crippen LogP contribution in [-0.2, 0) is 28.6 Å². The van der Waals surface area contributed by atoms with E-state index in [9.17, 15) is 14.4 Å². The molecule has 0 N–H and O–H groups in total. The lowest BCUT2D eigenvalue weighted by molar-refractivity contribution is -0.167. The summed E-state index contributed by atoms with van der Waals surface area (Å²) >= 11 is 0. The van der Waals surface area contributed by atoms with Gasteiger partial charge in [-0.3, -0.25) is 14.4 Å². The first-order chi connectivity index (χ1) is 36.0. The highest BCUT2D eigenvalue weighted by molar-refractivity contribution is 5.71. The summed E-state index contributed by atoms with van der Waals surface area (Å²) in [5.74, 6) is -0.880. The number of esters is 3. The van der Waals surface area contributed by atoms with E-state index in [2.05, 4.69) is 57.2 Å². The topological polar surface area (TPSA) is 78.9 Å². The maximum absolute atomic E-state index is 12.9. The summed E-state index contributed by atoms with van der Waals surface area (Å²) < 4.78 is 16.9. The van der Waals surface area contributed by atoms with Gasteiger partial charge in [-0.25, -0.2) is 0 Å². The van der Waals surface area contributed by atoms with Crippen LogP contribution in [0.2, 0.25) is 0 Å². The van der Waals surface area contributed by atoms with Gasteiger partial charge in [0.2, 0.25) is 0 Å². The van der Waals surface area contributed by atoms with Gasteiger partial charge in [0, 0.05) is 19.3 Å². The Bertz CT molecular complexity index is 1220. The lowest BCUT2D eigenvalue weighted by Crippen LogP contribution is -2.30. The molecule has 0 aromatic heterocycles. The first-order valence-corrected chi connectivity index (χ1v) is 32.5. The van der Waals surface area contributed by atoms with Crippen LogP contribution in [-0.4, -0.2) is 37.2 Å². The second-order valence-corrected chi connectivity index (χ2v) is 22.0. The van der Waals surface area contributed by atoms with Crippen molar-refractivity contribution in [3.63, 3.8) is 0 Å². The molecule has 0 radical (unpaired) electrons. The van der Waals surface area contributed by atoms with Crippen LogP contribution in [0.15, 0.2) is 36.5 Å². The Labute approximate surface area is 455 Å². The summed E-state index contributed by atoms with van der Waals surface area (Å²) in [5, 5.41) is 0. The van der Waals surface area contributed by atoms with Crippen molar-refractivity contribution in [1.29, 1.82) is 0 Å². The molecule has 73 heavy (non-hydrogen) atoms. The number of hydrogen-bond donors (Lipinski definition) is 0. The molecule has 0 heterocycles. The van der Waals surface area contributed by atoms with Gasteiger partial charge in [-0.2, -0.15) is 0 Å². The number of rotatable bonds is 60. The molecule has 428 valence electrons. The molecule has 1 unspecified atom stereocenters. The predicted molar refractivity (Wildman–Crippen MR) is 316 cm³/mol. The fourth-order valence-electron chi connectivity index (χ4n) is 9.71. The van der Waals surface area contributed by atoms with Crippen molar-refractivity contribution in [2.24, 2.45) is 0 Å². The Morgan fingerprint density at radius 2 is 0.521 bits per heavy atom. The van der Waals surface area contributed by atoms with Gasteiger partial charge in [-0.05, 0) is 70.6 Å². The molecule has 0 saturated carbocycles. The first kappa shape index (κ1) is 70.6. The summed E-state index contributed by atoms with van der Waals surface area (Å²) in [6.45, 7) is 6.60. The van der Waals surface area contributed by atoms with Crippen molar-refractivity contribution in [1.82, 2.24) is 0 Å². The van der Waals surface area contributed by atoms with Crippen LogP contribution in [0.4, 0.5) is 0 Å². The van der Waals surface area contributed by atoms with Crippen LogP contribution in [0.5, 0.6) is 0 Å². The molecule has 6 nitrogen and oxygen atoms in total. The van der Waals surface area contributed by atoms with Gasteiger partial charge in [0.15, 0.2) is 6.10 Å². The quantitative estimate of drug-likeness (QED) is 0.0261. The smallest absolute Gasteiger partial charge is 0.306 e. The van der Waals surface area contributed by atoms with Crippen LogP contribution < -0.4 is 0 Å². The summed E-state index contributed by atoms with van der Waals surface area (Å²) in [5.41, 5.74) is 0. The summed E-state index contributed by atoms with van der Waals surface area (Å²) in [4.78, 5) is 38.2. The van der Waals surface area contributed by atoms with Crippen molar-refractivity contribution >= 4 is 17.9 Å². The fraction of sp³-hybridized carbons (Fsp3) is 0.866. The molecule has 0 aliphatic rings. The van der Waals surface area contributed by atoms with E-state index in [-0.39, 0.29) is 31.1 Å². The molecular formula is C67H124O6. The van der Waals surface area contributed by atoms with Gasteiger partial charge in [0.05, 0.1) is 0 Å². The van der Waals surface area contributed by atoms with E-state index in [0.29, 0.717) is 19.3 Å². The molecule has 0 aromatic carbocycles. The first-order valence-electron chi connectivity index (χ1n) is 32.5. The van der Waals surface area contributed by atoms with Crippen molar-refractivity contribution in [3.05, 3.63) is 36.5 Å². The highest BCUT2D eigenvalue weighted by atomic mass is 16.6. The van der Waals surface area contributed by atoms with Crippen LogP contribution in [0.3, 0.4) is 0 Å². The largest absolute Gasteiger partial charge is 0.462 e. The van der Waals surface area contributed by atoms with Gasteiger partial charge in [0.25, 0.3) is 0 Å². The minimum absolute atomic E-state index is 0.0763. The highest BCUT2D eigenvalue weighted by Gasteiger charge is 2.19. The number of unbranched alkanes of at least 4 members (excludes halogenated alkanes) is 43. The van der Waals surface area contributed by atoms with Gasteiger partial charge in [-0.15, -0.1) is 0 Å². The number of ether oxygens (including phenoxy) is 3. The number of carbonyl (C=O) groups excluding carboxylic acids is 3. The molecule has 0 bridgehead atoms. The normalized spacial score (nSPS) is 12.2. The van der Waals surface area contributed by atoms with Crippen LogP contribution in [0, 0.1) is 0 Å². The maximum Gasteiger partial charge on any atom is 0.306 e. The molecule has 0 aromatic rings. The molecule has 0 fully saturated rings. The Hall–Kier alpha value is -2.37. The van der Waals surface area contributed by atoms with Gasteiger partial charge in [0.1, 0.15) is 13.2 Å². The second-order valence-electron chi connectivity index (χ2n) is 22.0. The molecule has 1 atom stereocenters. The van der Waals surface area contributed by atoms with Gasteiger partial charge in [-0.1, -0.05) is 301 Å². The Morgan fingerprint density at radius 3 is 0.822 bits per heavy atom. The monoisotopic (exact) mass is 1020 g/mol. The Morgan fingerprint density at radius 1 is 0.274 bits per heavy atom. The summed E-state index contributed by atoms with van der Waals surface area (Å²) in [6, 6.07) is 0. The van der Waals surface area contributed by atoms with Gasteiger partial charge < -0.3 is 14.2 Å². The van der Waals surface area contributed by atoms with Crippen LogP contribution >= 0.6 is 0 Å². The molecule has 0 rings (SSSR count). The predicted octanol–water partition coefficient (Wildman–Crippen LogP) is 22.0. The van der Waals surface area contributed by atoms with E-state index in [0.717, 1.165) is 89.9 Å². The van der Waals surface area contributed by atoms with E-state index >= 15 is 0 Å². The van der Waals surface area contributed by atoms with Crippen molar-refractivity contribution in [3.8, 4) is 0 Å². The average Bonchev–Trinajstić information content (AvgIpc) is 3.39. The third-order valence-corrected chi connectivity index (χ3v) is 14.6. The van der Waals surface area contributed by atoms with E-state index in [1.807, 2.05) is 0 Å². The van der Waals surface area contributed by atoms with E-state index in [1.54, 1.807) is 0 Å². The zero-order chi connectivity index (χ0) is 52.9. The zero-order valence-electron chi connectivity index (χ0n) is 49.2. The van der Waals surface area contributed by atoms with E-state index < -0.39 is 6.10 Å². The fourth-order valence-corrected chi connectivity index (χ4v) is 9.71. The maximum atomic E-state index is 12.9. The molecule has 0 aliphatic heterocycles. The van der Waals surface area contributed by atoms with Crippen molar-refractivity contribution in [2.45, 2.75) is 361 Å². The third-order valence-electron chi connectivity index (χ3n) is 14.6. The van der Waals surface area contributed by atoms with Gasteiger partial charge >= 0.3 is 17.9 Å². The highest BCUT2D eigenvalue weighted by Crippen LogP contribution is 2.18. The molecule has 0 saturated heterocycles. The molecule has 0 spiro atoms. The number of carbonyl (C=O) groups is 3. The van der Waals surface area contributed by atoms with Crippen molar-refractivity contribution < 1.29 is 28.6 Å². The lowest BCUT2D eigenvalue weighted by Gasteiger charge is -2.18. The lowest BCUT2D eigenvalue weighted by atomic mass is 10.0. The number of hydrogen-bond acceptors (Lipinski definition) is 6. The Balaban J connectivity index is 4.15. The van der Waals surface area contributed by atoms with Crippen LogP contribution in [0.25, 0.3) is 0 Å². The molecule has 0 amide bonds. The van der Waals surface area contributed by atoms with E-state index in [1.165, 1.54) is 225 Å². The minimum atomic E-state index is -0.780. The molecule has 6 heteroatoms.